The van der Waals surface area contributed by atoms with Crippen molar-refractivity contribution in [2.24, 2.45) is 10.2 Å². The van der Waals surface area contributed by atoms with Gasteiger partial charge >= 0.3 is 5.97 Å². The Hall–Kier alpha value is -2.46. The number of hydrogen-bond acceptors (Lipinski definition) is 8. The maximum atomic E-state index is 11.6. The number of amidine groups is 1. The highest BCUT2D eigenvalue weighted by Gasteiger charge is 2.24. The van der Waals surface area contributed by atoms with Gasteiger partial charge in [0.15, 0.2) is 15.0 Å². The van der Waals surface area contributed by atoms with Crippen molar-refractivity contribution >= 4 is 44.9 Å². The number of rotatable bonds is 4. The number of benzene rings is 1. The molecule has 8 nitrogen and oxygen atoms in total. The summed E-state index contributed by atoms with van der Waals surface area (Å²) in [5.74, 6) is -1.10. The molecule has 1 aromatic carbocycles. The summed E-state index contributed by atoms with van der Waals surface area (Å²) in [6.07, 6.45) is 3.60. The van der Waals surface area contributed by atoms with Crippen molar-refractivity contribution in [3.05, 3.63) is 40.8 Å². The summed E-state index contributed by atoms with van der Waals surface area (Å²) >= 11 is 0.960. The summed E-state index contributed by atoms with van der Waals surface area (Å²) in [6.45, 7) is 0. The van der Waals surface area contributed by atoms with Gasteiger partial charge in [0.1, 0.15) is 0 Å². The Labute approximate surface area is 142 Å². The quantitative estimate of drug-likeness (QED) is 0.363. The van der Waals surface area contributed by atoms with Crippen molar-refractivity contribution in [2.45, 2.75) is 4.90 Å². The minimum Gasteiger partial charge on any atom is -0.466 e. The highest BCUT2D eigenvalue weighted by atomic mass is 32.2. The molecule has 1 saturated heterocycles. The van der Waals surface area contributed by atoms with E-state index >= 15 is 0 Å². The Morgan fingerprint density at radius 2 is 1.96 bits per heavy atom. The third-order valence-electron chi connectivity index (χ3n) is 2.76. The SMILES string of the molecule is COC(=O)/C=C1/S/C(=N\N=Cc2ccc(S(C)(=O)=O)cc2)NC1=O. The molecule has 0 spiro atoms. The van der Waals surface area contributed by atoms with Crippen LogP contribution in [-0.2, 0) is 24.2 Å². The standard InChI is InChI=1S/C14H13N3O5S2/c1-22-12(18)7-11-13(19)16-14(23-11)17-15-8-9-3-5-10(6-4-9)24(2,20)21/h3-8H,1-2H3,(H,16,17,19)/b11-7+,15-8?. The van der Waals surface area contributed by atoms with Crippen molar-refractivity contribution in [1.29, 1.82) is 0 Å². The van der Waals surface area contributed by atoms with E-state index in [1.807, 2.05) is 0 Å². The Morgan fingerprint density at radius 1 is 1.29 bits per heavy atom. The third kappa shape index (κ3) is 4.77. The molecule has 1 fully saturated rings. The van der Waals surface area contributed by atoms with Gasteiger partial charge in [-0.1, -0.05) is 12.1 Å². The second kappa shape index (κ2) is 7.41. The van der Waals surface area contributed by atoms with Crippen LogP contribution < -0.4 is 5.32 Å². The number of carbonyl (C=O) groups excluding carboxylic acids is 2. The second-order valence-electron chi connectivity index (χ2n) is 4.58. The van der Waals surface area contributed by atoms with Gasteiger partial charge in [-0.3, -0.25) is 10.1 Å². The van der Waals surface area contributed by atoms with Gasteiger partial charge in [0, 0.05) is 12.3 Å². The highest BCUT2D eigenvalue weighted by Crippen LogP contribution is 2.23. The zero-order chi connectivity index (χ0) is 17.7. The summed E-state index contributed by atoms with van der Waals surface area (Å²) in [6, 6.07) is 6.10. The fraction of sp³-hybridized carbons (Fsp3) is 0.143. The first-order chi connectivity index (χ1) is 11.3. The minimum absolute atomic E-state index is 0.160. The highest BCUT2D eigenvalue weighted by molar-refractivity contribution is 8.18. The van der Waals surface area contributed by atoms with Gasteiger partial charge in [-0.2, -0.15) is 5.10 Å². The summed E-state index contributed by atoms with van der Waals surface area (Å²) in [7, 11) is -2.03. The molecule has 0 aliphatic carbocycles. The average Bonchev–Trinajstić information content (AvgIpc) is 2.86. The molecule has 0 unspecified atom stereocenters. The van der Waals surface area contributed by atoms with E-state index in [9.17, 15) is 18.0 Å². The van der Waals surface area contributed by atoms with Crippen molar-refractivity contribution in [1.82, 2.24) is 5.32 Å². The smallest absolute Gasteiger partial charge is 0.331 e. The number of nitrogens with one attached hydrogen (secondary N) is 1. The molecule has 1 amide bonds. The summed E-state index contributed by atoms with van der Waals surface area (Å²) in [4.78, 5) is 23.1. The number of thioether (sulfide) groups is 1. The van der Waals surface area contributed by atoms with Gasteiger partial charge < -0.3 is 4.74 Å². The van der Waals surface area contributed by atoms with Crippen LogP contribution in [0.25, 0.3) is 0 Å². The topological polar surface area (TPSA) is 114 Å². The summed E-state index contributed by atoms with van der Waals surface area (Å²) < 4.78 is 27.2. The zero-order valence-electron chi connectivity index (χ0n) is 12.7. The minimum atomic E-state index is -3.24. The van der Waals surface area contributed by atoms with Gasteiger partial charge in [-0.25, -0.2) is 13.2 Å². The third-order valence-corrected chi connectivity index (χ3v) is 4.79. The lowest BCUT2D eigenvalue weighted by molar-refractivity contribution is -0.135. The number of hydrogen-bond donors (Lipinski definition) is 1. The van der Waals surface area contributed by atoms with Crippen molar-refractivity contribution < 1.29 is 22.7 Å². The monoisotopic (exact) mass is 367 g/mol. The maximum absolute atomic E-state index is 11.6. The molecule has 10 heteroatoms. The van der Waals surface area contributed by atoms with Gasteiger partial charge in [-0.05, 0) is 29.5 Å². The predicted molar refractivity (Wildman–Crippen MR) is 90.4 cm³/mol. The van der Waals surface area contributed by atoms with E-state index < -0.39 is 21.7 Å². The van der Waals surface area contributed by atoms with Crippen LogP contribution in [0.4, 0.5) is 0 Å². The molecule has 1 aromatic rings. The fourth-order valence-corrected chi connectivity index (χ4v) is 2.96. The molecule has 0 radical (unpaired) electrons. The predicted octanol–water partition coefficient (Wildman–Crippen LogP) is 0.700. The van der Waals surface area contributed by atoms with E-state index in [-0.39, 0.29) is 15.0 Å². The summed E-state index contributed by atoms with van der Waals surface area (Å²) in [5.41, 5.74) is 0.645. The number of ether oxygens (including phenoxy) is 1. The first kappa shape index (κ1) is 17.9. The van der Waals surface area contributed by atoms with Gasteiger partial charge in [0.05, 0.1) is 23.1 Å². The van der Waals surface area contributed by atoms with Crippen LogP contribution in [0, 0.1) is 0 Å². The van der Waals surface area contributed by atoms with E-state index in [0.29, 0.717) is 5.56 Å². The molecule has 2 rings (SSSR count). The fourth-order valence-electron chi connectivity index (χ4n) is 1.59. The number of esters is 1. The first-order valence-electron chi connectivity index (χ1n) is 6.49. The van der Waals surface area contributed by atoms with E-state index in [1.165, 1.54) is 25.5 Å². The van der Waals surface area contributed by atoms with Crippen molar-refractivity contribution in [2.75, 3.05) is 13.4 Å². The molecular weight excluding hydrogens is 354 g/mol. The van der Waals surface area contributed by atoms with E-state index in [2.05, 4.69) is 20.3 Å². The molecule has 24 heavy (non-hydrogen) atoms. The number of nitrogens with zero attached hydrogens (tertiary/aromatic N) is 2. The zero-order valence-corrected chi connectivity index (χ0v) is 14.3. The molecule has 1 aliphatic heterocycles. The van der Waals surface area contributed by atoms with Gasteiger partial charge in [0.2, 0.25) is 0 Å². The maximum Gasteiger partial charge on any atom is 0.331 e. The molecule has 0 saturated carbocycles. The molecule has 126 valence electrons. The molecule has 0 atom stereocenters. The van der Waals surface area contributed by atoms with Crippen LogP contribution in [0.2, 0.25) is 0 Å². The number of carbonyl (C=O) groups is 2. The molecule has 1 heterocycles. The van der Waals surface area contributed by atoms with Crippen LogP contribution in [0.5, 0.6) is 0 Å². The molecule has 1 aliphatic rings. The molecule has 0 aromatic heterocycles. The normalized spacial score (nSPS) is 18.3. The van der Waals surface area contributed by atoms with E-state index in [1.54, 1.807) is 12.1 Å². The van der Waals surface area contributed by atoms with Crippen LogP contribution in [0.1, 0.15) is 5.56 Å². The van der Waals surface area contributed by atoms with Crippen molar-refractivity contribution in [3.8, 4) is 0 Å². The molecular formula is C14H13N3O5S2. The summed E-state index contributed by atoms with van der Waals surface area (Å²) in [5, 5.41) is 10.3. The Kier molecular flexibility index (Phi) is 5.52. The van der Waals surface area contributed by atoms with Crippen LogP contribution in [-0.4, -0.2) is 45.0 Å². The number of methoxy groups -OCH3 is 1. The van der Waals surface area contributed by atoms with E-state index in [4.69, 9.17) is 0 Å². The first-order valence-corrected chi connectivity index (χ1v) is 9.20. The van der Waals surface area contributed by atoms with Gasteiger partial charge in [-0.15, -0.1) is 5.10 Å². The number of sulfone groups is 1. The van der Waals surface area contributed by atoms with Gasteiger partial charge in [0.25, 0.3) is 5.91 Å². The average molecular weight is 367 g/mol. The lowest BCUT2D eigenvalue weighted by atomic mass is 10.2. The lowest BCUT2D eigenvalue weighted by Gasteiger charge is -1.97. The lowest BCUT2D eigenvalue weighted by Crippen LogP contribution is -2.19. The Balaban J connectivity index is 2.06. The Bertz CT molecular complexity index is 855. The molecule has 1 N–H and O–H groups in total. The van der Waals surface area contributed by atoms with E-state index in [0.717, 1.165) is 24.1 Å². The van der Waals surface area contributed by atoms with Crippen LogP contribution in [0.3, 0.4) is 0 Å². The van der Waals surface area contributed by atoms with Crippen LogP contribution >= 0.6 is 11.8 Å². The second-order valence-corrected chi connectivity index (χ2v) is 7.63. The van der Waals surface area contributed by atoms with Crippen molar-refractivity contribution in [3.63, 3.8) is 0 Å². The largest absolute Gasteiger partial charge is 0.466 e. The molecule has 0 bridgehead atoms. The Morgan fingerprint density at radius 3 is 2.54 bits per heavy atom. The van der Waals surface area contributed by atoms with Crippen LogP contribution in [0.15, 0.2) is 50.3 Å². The number of amides is 1.